The van der Waals surface area contributed by atoms with Gasteiger partial charge in [0.2, 0.25) is 5.91 Å². The summed E-state index contributed by atoms with van der Waals surface area (Å²) in [4.78, 5) is 36.7. The fourth-order valence-electron chi connectivity index (χ4n) is 2.96. The molecule has 1 atom stereocenters. The summed E-state index contributed by atoms with van der Waals surface area (Å²) in [5.41, 5.74) is 0. The van der Waals surface area contributed by atoms with Gasteiger partial charge in [-0.3, -0.25) is 4.79 Å². The molecule has 0 bridgehead atoms. The fourth-order valence-corrected chi connectivity index (χ4v) is 3.85. The van der Waals surface area contributed by atoms with Crippen LogP contribution in [0.3, 0.4) is 0 Å². The third-order valence-corrected chi connectivity index (χ3v) is 5.52. The van der Waals surface area contributed by atoms with Gasteiger partial charge in [-0.15, -0.1) is 0 Å². The number of carbonyl (C=O) groups is 2. The number of piperazine rings is 1. The number of hydrogen-bond acceptors (Lipinski definition) is 6. The number of thioether (sulfide) groups is 1. The van der Waals surface area contributed by atoms with E-state index in [1.54, 1.807) is 6.07 Å². The lowest BCUT2D eigenvalue weighted by Crippen LogP contribution is -2.56. The zero-order valence-corrected chi connectivity index (χ0v) is 17.1. The number of urea groups is 1. The molecule has 1 aromatic rings. The molecule has 2 aliphatic rings. The minimum atomic E-state index is -0.0386. The van der Waals surface area contributed by atoms with E-state index < -0.39 is 0 Å². The van der Waals surface area contributed by atoms with Gasteiger partial charge in [0.15, 0.2) is 5.16 Å². The van der Waals surface area contributed by atoms with Crippen LogP contribution in [0.1, 0.15) is 26.7 Å². The van der Waals surface area contributed by atoms with Crippen LogP contribution in [0.2, 0.25) is 5.15 Å². The van der Waals surface area contributed by atoms with Crippen molar-refractivity contribution in [2.75, 3.05) is 36.8 Å². The Morgan fingerprint density at radius 2 is 2.11 bits per heavy atom. The monoisotopic (exact) mass is 412 g/mol. The van der Waals surface area contributed by atoms with Crippen molar-refractivity contribution in [1.29, 1.82) is 0 Å². The molecule has 1 unspecified atom stereocenters. The summed E-state index contributed by atoms with van der Waals surface area (Å²) in [6, 6.07) is 2.09. The van der Waals surface area contributed by atoms with Gasteiger partial charge >= 0.3 is 6.03 Å². The molecule has 8 nitrogen and oxygen atoms in total. The Labute approximate surface area is 168 Å². The molecule has 3 rings (SSSR count). The second-order valence-electron chi connectivity index (χ2n) is 6.79. The average molecular weight is 413 g/mol. The van der Waals surface area contributed by atoms with Crippen LogP contribution < -0.4 is 15.5 Å². The molecule has 1 aromatic heterocycles. The zero-order valence-electron chi connectivity index (χ0n) is 15.6. The third-order valence-electron chi connectivity index (χ3n) is 4.48. The molecule has 148 valence electrons. The number of halogens is 1. The van der Waals surface area contributed by atoms with Crippen LogP contribution in [-0.4, -0.2) is 70.8 Å². The standard InChI is InChI=1S/C17H25ClN6O2S/c1-3-19-17(26)24-7-6-23(9-11(24)2)14-8-13(18)21-16(22-14)27-10-15(25)20-12-4-5-12/h8,11-12H,3-7,9-10H2,1-2H3,(H,19,26)(H,20,25). The van der Waals surface area contributed by atoms with Gasteiger partial charge < -0.3 is 20.4 Å². The molecule has 0 spiro atoms. The van der Waals surface area contributed by atoms with Crippen LogP contribution in [0.15, 0.2) is 11.2 Å². The van der Waals surface area contributed by atoms with Crippen molar-refractivity contribution in [3.8, 4) is 0 Å². The number of aromatic nitrogens is 2. The van der Waals surface area contributed by atoms with Crippen LogP contribution in [0, 0.1) is 0 Å². The van der Waals surface area contributed by atoms with E-state index in [-0.39, 0.29) is 23.7 Å². The van der Waals surface area contributed by atoms with E-state index in [9.17, 15) is 9.59 Å². The average Bonchev–Trinajstić information content (AvgIpc) is 3.43. The summed E-state index contributed by atoms with van der Waals surface area (Å²) in [6.45, 7) is 6.48. The van der Waals surface area contributed by atoms with Gasteiger partial charge in [-0.1, -0.05) is 23.4 Å². The molecular formula is C17H25ClN6O2S. The summed E-state index contributed by atoms with van der Waals surface area (Å²) < 4.78 is 0. The lowest BCUT2D eigenvalue weighted by atomic mass is 10.2. The predicted molar refractivity (Wildman–Crippen MR) is 106 cm³/mol. The molecule has 1 saturated carbocycles. The van der Waals surface area contributed by atoms with E-state index >= 15 is 0 Å². The normalized spacial score (nSPS) is 19.7. The molecule has 1 saturated heterocycles. The molecule has 1 aliphatic heterocycles. The fraction of sp³-hybridized carbons (Fsp3) is 0.647. The molecule has 10 heteroatoms. The first-order valence-corrected chi connectivity index (χ1v) is 10.6. The number of hydrogen-bond donors (Lipinski definition) is 2. The van der Waals surface area contributed by atoms with E-state index in [1.807, 2.05) is 18.7 Å². The first-order valence-electron chi connectivity index (χ1n) is 9.22. The van der Waals surface area contributed by atoms with Crippen molar-refractivity contribution < 1.29 is 9.59 Å². The van der Waals surface area contributed by atoms with Crippen LogP contribution in [0.25, 0.3) is 0 Å². The number of nitrogens with one attached hydrogen (secondary N) is 2. The van der Waals surface area contributed by atoms with Crippen LogP contribution in [0.4, 0.5) is 10.6 Å². The van der Waals surface area contributed by atoms with Crippen molar-refractivity contribution in [1.82, 2.24) is 25.5 Å². The lowest BCUT2D eigenvalue weighted by molar-refractivity contribution is -0.118. The van der Waals surface area contributed by atoms with E-state index in [4.69, 9.17) is 11.6 Å². The highest BCUT2D eigenvalue weighted by molar-refractivity contribution is 7.99. The number of anilines is 1. The van der Waals surface area contributed by atoms with Crippen molar-refractivity contribution in [2.45, 2.75) is 43.9 Å². The van der Waals surface area contributed by atoms with E-state index in [2.05, 4.69) is 25.5 Å². The molecule has 1 aliphatic carbocycles. The number of nitrogens with zero attached hydrogens (tertiary/aromatic N) is 4. The lowest BCUT2D eigenvalue weighted by Gasteiger charge is -2.40. The van der Waals surface area contributed by atoms with Crippen LogP contribution >= 0.6 is 23.4 Å². The Bertz CT molecular complexity index is 702. The minimum absolute atomic E-state index is 0.00296. The summed E-state index contributed by atoms with van der Waals surface area (Å²) in [5.74, 6) is 0.997. The van der Waals surface area contributed by atoms with E-state index in [0.29, 0.717) is 42.5 Å². The minimum Gasteiger partial charge on any atom is -0.353 e. The maximum absolute atomic E-state index is 12.1. The molecule has 0 radical (unpaired) electrons. The Balaban J connectivity index is 1.60. The quantitative estimate of drug-likeness (QED) is 0.420. The molecule has 2 fully saturated rings. The smallest absolute Gasteiger partial charge is 0.317 e. The van der Waals surface area contributed by atoms with Crippen LogP contribution in [-0.2, 0) is 4.79 Å². The highest BCUT2D eigenvalue weighted by atomic mass is 35.5. The van der Waals surface area contributed by atoms with Gasteiger partial charge in [-0.2, -0.15) is 0 Å². The Kier molecular flexibility index (Phi) is 6.64. The zero-order chi connectivity index (χ0) is 19.4. The highest BCUT2D eigenvalue weighted by Gasteiger charge is 2.28. The summed E-state index contributed by atoms with van der Waals surface area (Å²) >= 11 is 7.45. The van der Waals surface area contributed by atoms with Gasteiger partial charge in [0.05, 0.1) is 5.75 Å². The maximum atomic E-state index is 12.1. The second kappa shape index (κ2) is 8.97. The maximum Gasteiger partial charge on any atom is 0.317 e. The first kappa shape index (κ1) is 20.0. The Hall–Kier alpha value is -1.74. The van der Waals surface area contributed by atoms with Gasteiger partial charge in [0.1, 0.15) is 11.0 Å². The molecule has 27 heavy (non-hydrogen) atoms. The summed E-state index contributed by atoms with van der Waals surface area (Å²) in [5, 5.41) is 6.63. The topological polar surface area (TPSA) is 90.5 Å². The summed E-state index contributed by atoms with van der Waals surface area (Å²) in [6.07, 6.45) is 2.13. The number of amides is 3. The van der Waals surface area contributed by atoms with Crippen molar-refractivity contribution in [3.63, 3.8) is 0 Å². The van der Waals surface area contributed by atoms with E-state index in [0.717, 1.165) is 18.7 Å². The molecule has 0 aromatic carbocycles. The largest absolute Gasteiger partial charge is 0.353 e. The second-order valence-corrected chi connectivity index (χ2v) is 8.12. The van der Waals surface area contributed by atoms with Crippen LogP contribution in [0.5, 0.6) is 0 Å². The van der Waals surface area contributed by atoms with Gasteiger partial charge in [0.25, 0.3) is 0 Å². The highest BCUT2D eigenvalue weighted by Crippen LogP contribution is 2.24. The van der Waals surface area contributed by atoms with Crippen molar-refractivity contribution in [2.24, 2.45) is 0 Å². The third kappa shape index (κ3) is 5.62. The van der Waals surface area contributed by atoms with Crippen molar-refractivity contribution in [3.05, 3.63) is 11.2 Å². The molecule has 2 N–H and O–H groups in total. The molecule has 3 amide bonds. The summed E-state index contributed by atoms with van der Waals surface area (Å²) in [7, 11) is 0. The number of rotatable bonds is 6. The molecular weight excluding hydrogens is 388 g/mol. The van der Waals surface area contributed by atoms with Gasteiger partial charge in [-0.05, 0) is 26.7 Å². The first-order chi connectivity index (χ1) is 13.0. The van der Waals surface area contributed by atoms with Gasteiger partial charge in [0, 0.05) is 44.3 Å². The Morgan fingerprint density at radius 3 is 2.78 bits per heavy atom. The molecule has 2 heterocycles. The Morgan fingerprint density at radius 1 is 1.33 bits per heavy atom. The van der Waals surface area contributed by atoms with Gasteiger partial charge in [-0.25, -0.2) is 14.8 Å². The number of carbonyl (C=O) groups excluding carboxylic acids is 2. The van der Waals surface area contributed by atoms with Crippen molar-refractivity contribution >= 4 is 41.1 Å². The predicted octanol–water partition coefficient (Wildman–Crippen LogP) is 1.74. The SMILES string of the molecule is CCNC(=O)N1CCN(c2cc(Cl)nc(SCC(=O)NC3CC3)n2)CC1C. The van der Waals surface area contributed by atoms with E-state index in [1.165, 1.54) is 11.8 Å².